The average molecular weight is 452 g/mol. The second kappa shape index (κ2) is 10.3. The number of nitrogen functional groups attached to an aromatic ring is 1. The van der Waals surface area contributed by atoms with Crippen molar-refractivity contribution in [2.75, 3.05) is 11.6 Å². The van der Waals surface area contributed by atoms with E-state index in [0.29, 0.717) is 35.0 Å². The van der Waals surface area contributed by atoms with Crippen molar-refractivity contribution >= 4 is 11.8 Å². The van der Waals surface area contributed by atoms with Crippen LogP contribution in [0, 0.1) is 0 Å². The Morgan fingerprint density at radius 1 is 1.09 bits per heavy atom. The van der Waals surface area contributed by atoms with Gasteiger partial charge in [-0.05, 0) is 42.2 Å². The van der Waals surface area contributed by atoms with E-state index >= 15 is 0 Å². The van der Waals surface area contributed by atoms with Gasteiger partial charge in [-0.3, -0.25) is 4.98 Å². The Morgan fingerprint density at radius 2 is 1.88 bits per heavy atom. The Hall–Kier alpha value is -3.40. The molecule has 0 saturated carbocycles. The Morgan fingerprint density at radius 3 is 2.62 bits per heavy atom. The minimum Gasteiger partial charge on any atom is -0.486 e. The highest BCUT2D eigenvalue weighted by atomic mass is 32.2. The van der Waals surface area contributed by atoms with Gasteiger partial charge in [0.05, 0.1) is 0 Å². The van der Waals surface area contributed by atoms with E-state index in [0.717, 1.165) is 23.5 Å². The first-order valence-corrected chi connectivity index (χ1v) is 11.4. The van der Waals surface area contributed by atoms with Gasteiger partial charge in [0.2, 0.25) is 16.9 Å². The summed E-state index contributed by atoms with van der Waals surface area (Å²) in [7, 11) is 0. The summed E-state index contributed by atoms with van der Waals surface area (Å²) in [4.78, 5) is 8.42. The highest BCUT2D eigenvalue weighted by molar-refractivity contribution is 7.99. The van der Waals surface area contributed by atoms with Gasteiger partial charge < -0.3 is 15.1 Å². The average Bonchev–Trinajstić information content (AvgIpc) is 3.43. The van der Waals surface area contributed by atoms with Crippen molar-refractivity contribution in [3.63, 3.8) is 0 Å². The summed E-state index contributed by atoms with van der Waals surface area (Å²) in [6.45, 7) is 4.58. The largest absolute Gasteiger partial charge is 0.486 e. The predicted octanol–water partition coefficient (Wildman–Crippen LogP) is 3.86. The fraction of sp³-hybridized carbons (Fsp3) is 0.318. The number of aromatic nitrogens is 6. The molecule has 0 aliphatic heterocycles. The number of pyridine rings is 1. The van der Waals surface area contributed by atoms with Crippen molar-refractivity contribution in [1.82, 2.24) is 30.0 Å². The maximum atomic E-state index is 6.14. The van der Waals surface area contributed by atoms with Crippen LogP contribution < -0.4 is 10.6 Å². The van der Waals surface area contributed by atoms with E-state index in [-0.39, 0.29) is 6.61 Å². The number of rotatable bonds is 10. The van der Waals surface area contributed by atoms with Crippen molar-refractivity contribution in [3.05, 3.63) is 66.1 Å². The van der Waals surface area contributed by atoms with E-state index in [9.17, 15) is 0 Å². The van der Waals surface area contributed by atoms with Crippen LogP contribution in [0.15, 0.2) is 58.5 Å². The van der Waals surface area contributed by atoms with Crippen molar-refractivity contribution in [3.8, 4) is 17.1 Å². The number of thioether (sulfide) groups is 1. The predicted molar refractivity (Wildman–Crippen MR) is 122 cm³/mol. The number of nitrogens with zero attached hydrogens (tertiary/aromatic N) is 6. The number of nitrogens with two attached hydrogens (primary N) is 1. The number of hydrogen-bond donors (Lipinski definition) is 1. The van der Waals surface area contributed by atoms with Gasteiger partial charge in [0.1, 0.15) is 12.4 Å². The normalized spacial score (nSPS) is 11.2. The Balaban J connectivity index is 1.23. The molecule has 3 heterocycles. The van der Waals surface area contributed by atoms with Crippen LogP contribution in [-0.2, 0) is 13.0 Å². The SMILES string of the molecule is CC(C)c1ccc(OCc2nnc(SCCCc3nc(-c4ccncc4)no3)n2N)cc1. The van der Waals surface area contributed by atoms with Crippen molar-refractivity contribution in [2.24, 2.45) is 0 Å². The first kappa shape index (κ1) is 21.8. The lowest BCUT2D eigenvalue weighted by Crippen LogP contribution is -2.15. The summed E-state index contributed by atoms with van der Waals surface area (Å²) < 4.78 is 12.6. The van der Waals surface area contributed by atoms with Crippen LogP contribution in [0.1, 0.15) is 43.5 Å². The van der Waals surface area contributed by atoms with E-state index in [1.807, 2.05) is 24.3 Å². The molecule has 0 aliphatic carbocycles. The lowest BCUT2D eigenvalue weighted by molar-refractivity contribution is 0.291. The lowest BCUT2D eigenvalue weighted by atomic mass is 10.0. The van der Waals surface area contributed by atoms with E-state index in [2.05, 4.69) is 51.3 Å². The molecular weight excluding hydrogens is 426 g/mol. The minimum atomic E-state index is 0.255. The highest BCUT2D eigenvalue weighted by Gasteiger charge is 2.12. The standard InChI is InChI=1S/C22H25N7O2S/c1-15(2)16-5-7-18(8-6-16)30-14-19-26-27-22(29(19)23)32-13-3-4-20-25-21(28-31-20)17-9-11-24-12-10-17/h5-12,15H,3-4,13-14,23H2,1-2H3. The molecule has 32 heavy (non-hydrogen) atoms. The molecule has 0 unspecified atom stereocenters. The van der Waals surface area contributed by atoms with Gasteiger partial charge in [0.15, 0.2) is 5.82 Å². The maximum Gasteiger partial charge on any atom is 0.226 e. The third-order valence-corrected chi connectivity index (χ3v) is 5.85. The summed E-state index contributed by atoms with van der Waals surface area (Å²) >= 11 is 1.53. The summed E-state index contributed by atoms with van der Waals surface area (Å²) in [5.41, 5.74) is 2.15. The number of benzene rings is 1. The van der Waals surface area contributed by atoms with Crippen LogP contribution in [0.4, 0.5) is 0 Å². The van der Waals surface area contributed by atoms with Gasteiger partial charge in [-0.25, -0.2) is 4.68 Å². The Bertz CT molecular complexity index is 1130. The molecule has 0 amide bonds. The molecule has 0 fully saturated rings. The van der Waals surface area contributed by atoms with Gasteiger partial charge in [-0.2, -0.15) is 4.98 Å². The molecule has 4 aromatic rings. The molecule has 0 atom stereocenters. The molecule has 3 aromatic heterocycles. The van der Waals surface area contributed by atoms with Crippen LogP contribution >= 0.6 is 11.8 Å². The molecule has 9 nitrogen and oxygen atoms in total. The monoisotopic (exact) mass is 451 g/mol. The smallest absolute Gasteiger partial charge is 0.226 e. The number of aryl methyl sites for hydroxylation is 1. The van der Waals surface area contributed by atoms with Crippen LogP contribution in [0.3, 0.4) is 0 Å². The quantitative estimate of drug-likeness (QED) is 0.218. The number of ether oxygens (including phenoxy) is 1. The van der Waals surface area contributed by atoms with E-state index in [1.165, 1.54) is 22.0 Å². The summed E-state index contributed by atoms with van der Waals surface area (Å²) in [6.07, 6.45) is 4.91. The van der Waals surface area contributed by atoms with Crippen molar-refractivity contribution < 1.29 is 9.26 Å². The number of hydrogen-bond acceptors (Lipinski definition) is 9. The first-order valence-electron chi connectivity index (χ1n) is 10.4. The van der Waals surface area contributed by atoms with Crippen LogP contribution in [0.5, 0.6) is 5.75 Å². The Kier molecular flexibility index (Phi) is 7.00. The van der Waals surface area contributed by atoms with Crippen molar-refractivity contribution in [2.45, 2.75) is 44.4 Å². The highest BCUT2D eigenvalue weighted by Crippen LogP contribution is 2.21. The third-order valence-electron chi connectivity index (χ3n) is 4.82. The molecule has 166 valence electrons. The fourth-order valence-corrected chi connectivity index (χ4v) is 3.78. The zero-order valence-corrected chi connectivity index (χ0v) is 18.8. The van der Waals surface area contributed by atoms with Gasteiger partial charge in [0.25, 0.3) is 0 Å². The summed E-state index contributed by atoms with van der Waals surface area (Å²) in [5.74, 6) is 9.93. The van der Waals surface area contributed by atoms with E-state index < -0.39 is 0 Å². The van der Waals surface area contributed by atoms with Gasteiger partial charge in [-0.15, -0.1) is 10.2 Å². The first-order chi connectivity index (χ1) is 15.6. The summed E-state index contributed by atoms with van der Waals surface area (Å²) in [6, 6.07) is 11.7. The van der Waals surface area contributed by atoms with Crippen LogP contribution in [-0.4, -0.2) is 35.8 Å². The van der Waals surface area contributed by atoms with Crippen LogP contribution in [0.25, 0.3) is 11.4 Å². The molecule has 10 heteroatoms. The molecule has 0 bridgehead atoms. The third kappa shape index (κ3) is 5.44. The second-order valence-electron chi connectivity index (χ2n) is 7.48. The molecule has 0 saturated heterocycles. The molecule has 0 spiro atoms. The molecule has 4 rings (SSSR count). The van der Waals surface area contributed by atoms with Crippen molar-refractivity contribution in [1.29, 1.82) is 0 Å². The molecule has 0 radical (unpaired) electrons. The van der Waals surface area contributed by atoms with Gasteiger partial charge in [0, 0.05) is 30.1 Å². The Labute approximate surface area is 190 Å². The van der Waals surface area contributed by atoms with E-state index in [4.69, 9.17) is 15.1 Å². The maximum absolute atomic E-state index is 6.14. The molecule has 2 N–H and O–H groups in total. The van der Waals surface area contributed by atoms with E-state index in [1.54, 1.807) is 12.4 Å². The molecular formula is C22H25N7O2S. The fourth-order valence-electron chi connectivity index (χ4n) is 2.96. The summed E-state index contributed by atoms with van der Waals surface area (Å²) in [5, 5.41) is 13.0. The minimum absolute atomic E-state index is 0.255. The van der Waals surface area contributed by atoms with Crippen LogP contribution in [0.2, 0.25) is 0 Å². The zero-order chi connectivity index (χ0) is 22.3. The van der Waals surface area contributed by atoms with Gasteiger partial charge >= 0.3 is 0 Å². The molecule has 0 aliphatic rings. The topological polar surface area (TPSA) is 118 Å². The zero-order valence-electron chi connectivity index (χ0n) is 18.0. The second-order valence-corrected chi connectivity index (χ2v) is 8.54. The lowest BCUT2D eigenvalue weighted by Gasteiger charge is -2.08. The van der Waals surface area contributed by atoms with Gasteiger partial charge in [-0.1, -0.05) is 42.9 Å². The molecule has 1 aromatic carbocycles.